The number of anilines is 1. The Kier molecular flexibility index (Phi) is 8.36. The van der Waals surface area contributed by atoms with Crippen LogP contribution >= 0.6 is 23.1 Å². The third-order valence-corrected chi connectivity index (χ3v) is 5.93. The predicted molar refractivity (Wildman–Crippen MR) is 111 cm³/mol. The maximum absolute atomic E-state index is 12.6. The van der Waals surface area contributed by atoms with Gasteiger partial charge in [0.05, 0.1) is 18.1 Å². The highest BCUT2D eigenvalue weighted by atomic mass is 32.2. The zero-order chi connectivity index (χ0) is 20.5. The van der Waals surface area contributed by atoms with E-state index >= 15 is 0 Å². The Hall–Kier alpha value is -2.50. The lowest BCUT2D eigenvalue weighted by Crippen LogP contribution is -2.11. The number of ether oxygens (including phenoxy) is 2. The summed E-state index contributed by atoms with van der Waals surface area (Å²) < 4.78 is 10.6. The van der Waals surface area contributed by atoms with Gasteiger partial charge in [-0.1, -0.05) is 13.3 Å². The van der Waals surface area contributed by atoms with Crippen molar-refractivity contribution >= 4 is 40.0 Å². The molecule has 1 aromatic carbocycles. The van der Waals surface area contributed by atoms with Crippen LogP contribution in [0.2, 0.25) is 0 Å². The minimum Gasteiger partial charge on any atom is -0.494 e. The number of hydrogen-bond acceptors (Lipinski definition) is 7. The fourth-order valence-electron chi connectivity index (χ4n) is 2.35. The second-order valence-corrected chi connectivity index (χ2v) is 7.62. The zero-order valence-electron chi connectivity index (χ0n) is 16.0. The molecule has 0 atom stereocenters. The summed E-state index contributed by atoms with van der Waals surface area (Å²) in [5.74, 6) is -0.0716. The van der Waals surface area contributed by atoms with Crippen molar-refractivity contribution < 1.29 is 19.1 Å². The Bertz CT molecular complexity index is 870. The van der Waals surface area contributed by atoms with Crippen LogP contribution in [0.3, 0.4) is 0 Å². The summed E-state index contributed by atoms with van der Waals surface area (Å²) >= 11 is 2.02. The normalized spacial score (nSPS) is 10.2. The van der Waals surface area contributed by atoms with Crippen molar-refractivity contribution in [2.45, 2.75) is 38.5 Å². The second-order valence-electron chi connectivity index (χ2n) is 5.81. The van der Waals surface area contributed by atoms with E-state index < -0.39 is 5.97 Å². The van der Waals surface area contributed by atoms with E-state index in [9.17, 15) is 9.59 Å². The summed E-state index contributed by atoms with van der Waals surface area (Å²) in [4.78, 5) is 25.7. The number of hydrogen-bond donors (Lipinski definition) is 1. The summed E-state index contributed by atoms with van der Waals surface area (Å²) in [6, 6.07) is 6.86. The molecule has 0 aliphatic carbocycles. The van der Waals surface area contributed by atoms with Crippen LogP contribution in [0.4, 0.5) is 5.00 Å². The van der Waals surface area contributed by atoms with Gasteiger partial charge in [0.25, 0.3) is 5.91 Å². The SMILES string of the molecule is CCCCOc1ccc(C(=O)Nc2sc(C(=O)OCC)c(C)c2SC#N)cc1. The van der Waals surface area contributed by atoms with E-state index in [1.807, 2.05) is 5.40 Å². The predicted octanol–water partition coefficient (Wildman–Crippen LogP) is 5.24. The first-order valence-electron chi connectivity index (χ1n) is 8.92. The molecule has 6 nitrogen and oxygen atoms in total. The number of nitriles is 1. The minimum absolute atomic E-state index is 0.255. The molecule has 0 unspecified atom stereocenters. The number of rotatable bonds is 9. The summed E-state index contributed by atoms with van der Waals surface area (Å²) in [7, 11) is 0. The Morgan fingerprint density at radius 1 is 1.25 bits per heavy atom. The van der Waals surface area contributed by atoms with Crippen LogP contribution in [0.1, 0.15) is 52.3 Å². The highest BCUT2D eigenvalue weighted by Crippen LogP contribution is 2.40. The zero-order valence-corrected chi connectivity index (χ0v) is 17.7. The van der Waals surface area contributed by atoms with Crippen molar-refractivity contribution in [1.29, 1.82) is 5.26 Å². The highest BCUT2D eigenvalue weighted by molar-refractivity contribution is 8.04. The lowest BCUT2D eigenvalue weighted by Gasteiger charge is -2.07. The first-order chi connectivity index (χ1) is 13.5. The molecule has 0 saturated heterocycles. The van der Waals surface area contributed by atoms with Gasteiger partial charge in [0.1, 0.15) is 21.0 Å². The van der Waals surface area contributed by atoms with Crippen molar-refractivity contribution in [3.05, 3.63) is 40.3 Å². The van der Waals surface area contributed by atoms with Gasteiger partial charge in [-0.05, 0) is 61.9 Å². The van der Waals surface area contributed by atoms with Crippen molar-refractivity contribution in [3.63, 3.8) is 0 Å². The third kappa shape index (κ3) is 5.50. The van der Waals surface area contributed by atoms with E-state index in [1.54, 1.807) is 38.1 Å². The Labute approximate surface area is 172 Å². The molecule has 1 amide bonds. The topological polar surface area (TPSA) is 88.4 Å². The molecule has 28 heavy (non-hydrogen) atoms. The van der Waals surface area contributed by atoms with Gasteiger partial charge < -0.3 is 14.8 Å². The lowest BCUT2D eigenvalue weighted by atomic mass is 10.2. The molecule has 8 heteroatoms. The number of esters is 1. The summed E-state index contributed by atoms with van der Waals surface area (Å²) in [5, 5.41) is 14.3. The van der Waals surface area contributed by atoms with Crippen molar-refractivity contribution in [1.82, 2.24) is 0 Å². The molecular formula is C20H22N2O4S2. The molecule has 1 aromatic heterocycles. The Morgan fingerprint density at radius 3 is 2.57 bits per heavy atom. The molecular weight excluding hydrogens is 396 g/mol. The monoisotopic (exact) mass is 418 g/mol. The third-order valence-electron chi connectivity index (χ3n) is 3.81. The number of carbonyl (C=O) groups is 2. The molecule has 0 aliphatic heterocycles. The van der Waals surface area contributed by atoms with Gasteiger partial charge in [0.15, 0.2) is 0 Å². The van der Waals surface area contributed by atoms with E-state index in [2.05, 4.69) is 12.2 Å². The van der Waals surface area contributed by atoms with Gasteiger partial charge in [-0.15, -0.1) is 11.3 Å². The van der Waals surface area contributed by atoms with Gasteiger partial charge >= 0.3 is 5.97 Å². The number of thioether (sulfide) groups is 1. The molecule has 0 bridgehead atoms. The molecule has 0 radical (unpaired) electrons. The maximum Gasteiger partial charge on any atom is 0.348 e. The average Bonchev–Trinajstić information content (AvgIpc) is 2.99. The Balaban J connectivity index is 2.17. The van der Waals surface area contributed by atoms with Gasteiger partial charge in [-0.2, -0.15) is 5.26 Å². The molecule has 0 fully saturated rings. The van der Waals surface area contributed by atoms with Crippen LogP contribution in [0.25, 0.3) is 0 Å². The molecule has 1 heterocycles. The summed E-state index contributed by atoms with van der Waals surface area (Å²) in [6.07, 6.45) is 2.03. The van der Waals surface area contributed by atoms with Gasteiger partial charge in [0.2, 0.25) is 0 Å². The van der Waals surface area contributed by atoms with Crippen LogP contribution in [-0.2, 0) is 4.74 Å². The largest absolute Gasteiger partial charge is 0.494 e. The van der Waals surface area contributed by atoms with E-state index in [0.717, 1.165) is 35.9 Å². The Morgan fingerprint density at radius 2 is 1.96 bits per heavy atom. The fraction of sp³-hybridized carbons (Fsp3) is 0.350. The first kappa shape index (κ1) is 21.8. The van der Waals surface area contributed by atoms with Gasteiger partial charge in [0, 0.05) is 5.56 Å². The standard InChI is InChI=1S/C20H22N2O4S2/c1-4-6-11-26-15-9-7-14(8-10-15)18(23)22-19-16(27-12-21)13(3)17(28-19)20(24)25-5-2/h7-10H,4-6,11H2,1-3H3,(H,22,23). The van der Waals surface area contributed by atoms with Gasteiger partial charge in [-0.3, -0.25) is 4.79 Å². The number of benzene rings is 1. The maximum atomic E-state index is 12.6. The highest BCUT2D eigenvalue weighted by Gasteiger charge is 2.23. The number of amides is 1. The second kappa shape index (κ2) is 10.7. The van der Waals surface area contributed by atoms with Crippen molar-refractivity contribution in [3.8, 4) is 11.2 Å². The lowest BCUT2D eigenvalue weighted by molar-refractivity contribution is 0.0531. The fourth-order valence-corrected chi connectivity index (χ4v) is 4.15. The number of thiocyanates is 1. The first-order valence-corrected chi connectivity index (χ1v) is 10.6. The number of thiophene rings is 1. The van der Waals surface area contributed by atoms with Crippen LogP contribution in [0.5, 0.6) is 5.75 Å². The smallest absolute Gasteiger partial charge is 0.348 e. The van der Waals surface area contributed by atoms with E-state index in [4.69, 9.17) is 14.7 Å². The molecule has 0 saturated carbocycles. The van der Waals surface area contributed by atoms with Crippen molar-refractivity contribution in [2.24, 2.45) is 0 Å². The molecule has 148 valence electrons. The van der Waals surface area contributed by atoms with E-state index in [-0.39, 0.29) is 12.5 Å². The number of nitrogens with one attached hydrogen (secondary N) is 1. The summed E-state index contributed by atoms with van der Waals surface area (Å²) in [6.45, 7) is 6.45. The summed E-state index contributed by atoms with van der Waals surface area (Å²) in [5.41, 5.74) is 1.09. The van der Waals surface area contributed by atoms with Crippen LogP contribution in [0.15, 0.2) is 29.2 Å². The molecule has 1 N–H and O–H groups in total. The number of unbranched alkanes of at least 4 members (excludes halogenated alkanes) is 1. The number of nitrogens with zero attached hydrogens (tertiary/aromatic N) is 1. The van der Waals surface area contributed by atoms with Crippen LogP contribution in [0, 0.1) is 17.6 Å². The van der Waals surface area contributed by atoms with Crippen LogP contribution < -0.4 is 10.1 Å². The van der Waals surface area contributed by atoms with Crippen molar-refractivity contribution in [2.75, 3.05) is 18.5 Å². The molecule has 0 aliphatic rings. The number of carbonyl (C=O) groups excluding carboxylic acids is 2. The minimum atomic E-state index is -0.459. The van der Waals surface area contributed by atoms with E-state index in [0.29, 0.717) is 38.3 Å². The average molecular weight is 419 g/mol. The molecule has 2 aromatic rings. The quantitative estimate of drug-likeness (QED) is 0.259. The molecule has 2 rings (SSSR count). The molecule has 0 spiro atoms. The van der Waals surface area contributed by atoms with Crippen LogP contribution in [-0.4, -0.2) is 25.1 Å². The van der Waals surface area contributed by atoms with Gasteiger partial charge in [-0.25, -0.2) is 4.79 Å². The van der Waals surface area contributed by atoms with E-state index in [1.165, 1.54) is 0 Å².